The molecule has 0 atom stereocenters. The van der Waals surface area contributed by atoms with Gasteiger partial charge in [0, 0.05) is 33.1 Å². The Morgan fingerprint density at radius 2 is 1.93 bits per heavy atom. The Kier molecular flexibility index (Phi) is 3.29. The van der Waals surface area contributed by atoms with Gasteiger partial charge in [-0.2, -0.15) is 0 Å². The van der Waals surface area contributed by atoms with Crippen LogP contribution in [0.15, 0.2) is 0 Å². The summed E-state index contributed by atoms with van der Waals surface area (Å²) in [4.78, 5) is 22.1. The number of ether oxygens (including phenoxy) is 1. The van der Waals surface area contributed by atoms with Gasteiger partial charge in [-0.15, -0.1) is 0 Å². The van der Waals surface area contributed by atoms with Gasteiger partial charge >= 0.3 is 6.09 Å². The minimum Gasteiger partial charge on any atom is -0.465 e. The van der Waals surface area contributed by atoms with Crippen molar-refractivity contribution in [1.82, 2.24) is 10.6 Å². The van der Waals surface area contributed by atoms with Gasteiger partial charge in [0.25, 0.3) is 0 Å². The number of carbonyl (C=O) groups excluding carboxylic acids is 1. The van der Waals surface area contributed by atoms with Gasteiger partial charge in [-0.05, 0) is 0 Å². The molecule has 0 aliphatic carbocycles. The van der Waals surface area contributed by atoms with Crippen molar-refractivity contribution < 1.29 is 19.4 Å². The Morgan fingerprint density at radius 3 is 2.36 bits per heavy atom. The van der Waals surface area contributed by atoms with E-state index in [1.807, 2.05) is 0 Å². The summed E-state index contributed by atoms with van der Waals surface area (Å²) >= 11 is 0. The maximum absolute atomic E-state index is 11.5. The van der Waals surface area contributed by atoms with E-state index < -0.39 is 11.6 Å². The number of hydrogen-bond donors (Lipinski definition) is 3. The first kappa shape index (κ1) is 10.8. The number of hydrogen-bond acceptors (Lipinski definition) is 3. The summed E-state index contributed by atoms with van der Waals surface area (Å²) in [6, 6.07) is 0. The lowest BCUT2D eigenvalue weighted by molar-refractivity contribution is -0.130. The molecule has 0 aromatic carbocycles. The zero-order valence-corrected chi connectivity index (χ0v) is 8.00. The van der Waals surface area contributed by atoms with Crippen molar-refractivity contribution in [3.05, 3.63) is 0 Å². The standard InChI is InChI=1S/C8H14N2O4/c1-9-6(11)8(10-7(12)13)2-4-14-5-3-8/h10H,2-5H2,1H3,(H,9,11)(H,12,13). The third-order valence-corrected chi connectivity index (χ3v) is 2.35. The smallest absolute Gasteiger partial charge is 0.405 e. The van der Waals surface area contributed by atoms with Crippen molar-refractivity contribution in [3.8, 4) is 0 Å². The van der Waals surface area contributed by atoms with E-state index in [2.05, 4.69) is 10.6 Å². The molecule has 0 aromatic rings. The van der Waals surface area contributed by atoms with Crippen molar-refractivity contribution in [2.24, 2.45) is 0 Å². The molecule has 14 heavy (non-hydrogen) atoms. The van der Waals surface area contributed by atoms with Crippen molar-refractivity contribution in [2.75, 3.05) is 20.3 Å². The van der Waals surface area contributed by atoms with Crippen LogP contribution in [-0.4, -0.2) is 42.9 Å². The molecule has 1 rings (SSSR count). The summed E-state index contributed by atoms with van der Waals surface area (Å²) in [6.45, 7) is 0.793. The number of carbonyl (C=O) groups is 2. The normalized spacial score (nSPS) is 19.8. The van der Waals surface area contributed by atoms with E-state index in [1.165, 1.54) is 7.05 Å². The van der Waals surface area contributed by atoms with E-state index in [4.69, 9.17) is 9.84 Å². The highest BCUT2D eigenvalue weighted by atomic mass is 16.5. The fourth-order valence-electron chi connectivity index (χ4n) is 1.57. The Morgan fingerprint density at radius 1 is 1.36 bits per heavy atom. The number of carboxylic acid groups (broad SMARTS) is 1. The molecule has 80 valence electrons. The first-order valence-corrected chi connectivity index (χ1v) is 4.42. The molecule has 1 aliphatic heterocycles. The molecule has 0 spiro atoms. The van der Waals surface area contributed by atoms with E-state index >= 15 is 0 Å². The lowest BCUT2D eigenvalue weighted by Crippen LogP contribution is -2.60. The molecule has 1 aliphatic rings. The third-order valence-electron chi connectivity index (χ3n) is 2.35. The van der Waals surface area contributed by atoms with Crippen molar-refractivity contribution in [1.29, 1.82) is 0 Å². The average molecular weight is 202 g/mol. The predicted molar refractivity (Wildman–Crippen MR) is 48.0 cm³/mol. The van der Waals surface area contributed by atoms with Crippen LogP contribution in [0.4, 0.5) is 4.79 Å². The zero-order chi connectivity index (χ0) is 10.6. The highest BCUT2D eigenvalue weighted by Gasteiger charge is 2.40. The minimum absolute atomic E-state index is 0.303. The van der Waals surface area contributed by atoms with Gasteiger partial charge in [0.15, 0.2) is 0 Å². The Bertz CT molecular complexity index is 235. The molecule has 0 unspecified atom stereocenters. The van der Waals surface area contributed by atoms with Gasteiger partial charge in [0.1, 0.15) is 5.54 Å². The molecule has 6 heteroatoms. The van der Waals surface area contributed by atoms with Gasteiger partial charge in [-0.1, -0.05) is 0 Å². The van der Waals surface area contributed by atoms with E-state index in [9.17, 15) is 9.59 Å². The van der Waals surface area contributed by atoms with Crippen molar-refractivity contribution in [2.45, 2.75) is 18.4 Å². The van der Waals surface area contributed by atoms with Crippen LogP contribution in [0.5, 0.6) is 0 Å². The lowest BCUT2D eigenvalue weighted by Gasteiger charge is -2.34. The SMILES string of the molecule is CNC(=O)C1(NC(=O)O)CCOCC1. The van der Waals surface area contributed by atoms with Gasteiger partial charge < -0.3 is 20.5 Å². The van der Waals surface area contributed by atoms with Crippen LogP contribution in [0.3, 0.4) is 0 Å². The molecule has 6 nitrogen and oxygen atoms in total. The quantitative estimate of drug-likeness (QED) is 0.566. The van der Waals surface area contributed by atoms with Crippen molar-refractivity contribution in [3.63, 3.8) is 0 Å². The van der Waals surface area contributed by atoms with Crippen LogP contribution in [-0.2, 0) is 9.53 Å². The predicted octanol–water partition coefficient (Wildman–Crippen LogP) is -0.451. The summed E-state index contributed by atoms with van der Waals surface area (Å²) in [5.41, 5.74) is -1.02. The molecule has 3 N–H and O–H groups in total. The number of likely N-dealkylation sites (N-methyl/N-ethyl adjacent to an activating group) is 1. The summed E-state index contributed by atoms with van der Waals surface area (Å²) in [5.74, 6) is -0.303. The van der Waals surface area contributed by atoms with Crippen LogP contribution >= 0.6 is 0 Å². The highest BCUT2D eigenvalue weighted by Crippen LogP contribution is 2.20. The molecule has 0 aromatic heterocycles. The lowest BCUT2D eigenvalue weighted by atomic mass is 9.89. The summed E-state index contributed by atoms with van der Waals surface area (Å²) < 4.78 is 5.09. The molecule has 0 radical (unpaired) electrons. The molecule has 1 fully saturated rings. The third kappa shape index (κ3) is 2.14. The highest BCUT2D eigenvalue weighted by molar-refractivity contribution is 5.89. The minimum atomic E-state index is -1.18. The molecule has 2 amide bonds. The summed E-state index contributed by atoms with van der Waals surface area (Å²) in [7, 11) is 1.49. The molecule has 0 bridgehead atoms. The fraction of sp³-hybridized carbons (Fsp3) is 0.750. The van der Waals surface area contributed by atoms with Crippen LogP contribution in [0.2, 0.25) is 0 Å². The zero-order valence-electron chi connectivity index (χ0n) is 8.00. The number of nitrogens with one attached hydrogen (secondary N) is 2. The largest absolute Gasteiger partial charge is 0.465 e. The van der Waals surface area contributed by atoms with E-state index in [1.54, 1.807) is 0 Å². The second kappa shape index (κ2) is 4.28. The van der Waals surface area contributed by atoms with Gasteiger partial charge in [-0.3, -0.25) is 4.79 Å². The van der Waals surface area contributed by atoms with Crippen LogP contribution < -0.4 is 10.6 Å². The van der Waals surface area contributed by atoms with Crippen LogP contribution in [0.1, 0.15) is 12.8 Å². The first-order chi connectivity index (χ1) is 6.60. The molecule has 1 heterocycles. The topological polar surface area (TPSA) is 87.7 Å². The van der Waals surface area contributed by atoms with E-state index in [0.29, 0.717) is 26.1 Å². The maximum atomic E-state index is 11.5. The van der Waals surface area contributed by atoms with E-state index in [-0.39, 0.29) is 5.91 Å². The Labute approximate surface area is 81.6 Å². The Balaban J connectivity index is 2.76. The number of rotatable bonds is 2. The van der Waals surface area contributed by atoms with E-state index in [0.717, 1.165) is 0 Å². The van der Waals surface area contributed by atoms with Crippen molar-refractivity contribution >= 4 is 12.0 Å². The van der Waals surface area contributed by atoms with Crippen LogP contribution in [0, 0.1) is 0 Å². The average Bonchev–Trinajstić information content (AvgIpc) is 2.17. The first-order valence-electron chi connectivity index (χ1n) is 4.42. The molecular weight excluding hydrogens is 188 g/mol. The van der Waals surface area contributed by atoms with Gasteiger partial charge in [-0.25, -0.2) is 4.79 Å². The number of amides is 2. The van der Waals surface area contributed by atoms with Gasteiger partial charge in [0.05, 0.1) is 0 Å². The van der Waals surface area contributed by atoms with Gasteiger partial charge in [0.2, 0.25) is 5.91 Å². The Hall–Kier alpha value is -1.30. The molecule has 0 saturated carbocycles. The summed E-state index contributed by atoms with van der Waals surface area (Å²) in [6.07, 6.45) is -0.437. The molecular formula is C8H14N2O4. The van der Waals surface area contributed by atoms with Crippen LogP contribution in [0.25, 0.3) is 0 Å². The fourth-order valence-corrected chi connectivity index (χ4v) is 1.57. The maximum Gasteiger partial charge on any atom is 0.405 e. The second-order valence-electron chi connectivity index (χ2n) is 3.20. The monoisotopic (exact) mass is 202 g/mol. The molecule has 1 saturated heterocycles. The second-order valence-corrected chi connectivity index (χ2v) is 3.20. The summed E-state index contributed by atoms with van der Waals surface area (Å²) in [5, 5.41) is 13.4.